The number of nitrogens with one attached hydrogen (secondary N) is 3. The van der Waals surface area contributed by atoms with E-state index in [0.717, 1.165) is 23.2 Å². The highest BCUT2D eigenvalue weighted by atomic mass is 19.1. The minimum atomic E-state index is -0.283. The van der Waals surface area contributed by atoms with Crippen molar-refractivity contribution in [2.24, 2.45) is 5.92 Å². The maximum absolute atomic E-state index is 13.1. The summed E-state index contributed by atoms with van der Waals surface area (Å²) < 4.78 is 14.9. The van der Waals surface area contributed by atoms with Gasteiger partial charge in [0.2, 0.25) is 5.91 Å². The molecule has 0 saturated carbocycles. The van der Waals surface area contributed by atoms with Gasteiger partial charge in [-0.25, -0.2) is 14.5 Å². The van der Waals surface area contributed by atoms with E-state index in [-0.39, 0.29) is 23.7 Å². The molecule has 1 saturated heterocycles. The van der Waals surface area contributed by atoms with E-state index in [2.05, 4.69) is 21.3 Å². The SMILES string of the molecule is O=C(NCCc1ccc(-n2cccn2)cc1)C1CNNC1c1ccc(F)cc1. The molecule has 28 heavy (non-hydrogen) atoms. The summed E-state index contributed by atoms with van der Waals surface area (Å²) in [5, 5.41) is 7.23. The second kappa shape index (κ2) is 8.33. The number of hydrogen-bond donors (Lipinski definition) is 3. The molecule has 2 atom stereocenters. The lowest BCUT2D eigenvalue weighted by Gasteiger charge is -2.18. The number of nitrogens with zero attached hydrogens (tertiary/aromatic N) is 2. The fraction of sp³-hybridized carbons (Fsp3) is 0.238. The van der Waals surface area contributed by atoms with Crippen molar-refractivity contribution in [1.82, 2.24) is 25.9 Å². The Balaban J connectivity index is 1.31. The van der Waals surface area contributed by atoms with Crippen LogP contribution in [0.25, 0.3) is 5.69 Å². The number of hydrazine groups is 1. The Morgan fingerprint density at radius 1 is 1.18 bits per heavy atom. The molecule has 144 valence electrons. The lowest BCUT2D eigenvalue weighted by atomic mass is 9.94. The molecule has 7 heteroatoms. The zero-order valence-corrected chi connectivity index (χ0v) is 15.3. The first-order valence-corrected chi connectivity index (χ1v) is 9.31. The fourth-order valence-corrected chi connectivity index (χ4v) is 3.43. The van der Waals surface area contributed by atoms with E-state index in [4.69, 9.17) is 0 Å². The van der Waals surface area contributed by atoms with Gasteiger partial charge in [-0.1, -0.05) is 24.3 Å². The summed E-state index contributed by atoms with van der Waals surface area (Å²) in [5.74, 6) is -0.540. The average Bonchev–Trinajstić information content (AvgIpc) is 3.41. The number of hydrogen-bond acceptors (Lipinski definition) is 4. The lowest BCUT2D eigenvalue weighted by molar-refractivity contribution is -0.124. The van der Waals surface area contributed by atoms with Crippen LogP contribution in [-0.2, 0) is 11.2 Å². The van der Waals surface area contributed by atoms with Gasteiger partial charge < -0.3 is 5.32 Å². The maximum atomic E-state index is 13.1. The first-order chi connectivity index (χ1) is 13.7. The van der Waals surface area contributed by atoms with Crippen molar-refractivity contribution < 1.29 is 9.18 Å². The van der Waals surface area contributed by atoms with Gasteiger partial charge in [-0.2, -0.15) is 5.10 Å². The Morgan fingerprint density at radius 2 is 1.96 bits per heavy atom. The molecule has 1 aliphatic heterocycles. The summed E-state index contributed by atoms with van der Waals surface area (Å²) in [4.78, 5) is 12.6. The summed E-state index contributed by atoms with van der Waals surface area (Å²) in [5.41, 5.74) is 9.18. The Labute approximate surface area is 162 Å². The molecule has 2 aromatic carbocycles. The van der Waals surface area contributed by atoms with Gasteiger partial charge in [0.1, 0.15) is 5.82 Å². The zero-order valence-electron chi connectivity index (χ0n) is 15.3. The van der Waals surface area contributed by atoms with Gasteiger partial charge in [0.25, 0.3) is 0 Å². The Bertz CT molecular complexity index is 909. The molecular weight excluding hydrogens is 357 g/mol. The van der Waals surface area contributed by atoms with Crippen molar-refractivity contribution >= 4 is 5.91 Å². The topological polar surface area (TPSA) is 71.0 Å². The van der Waals surface area contributed by atoms with E-state index in [1.165, 1.54) is 12.1 Å². The van der Waals surface area contributed by atoms with Crippen molar-refractivity contribution in [3.8, 4) is 5.69 Å². The molecule has 0 radical (unpaired) electrons. The number of rotatable bonds is 6. The van der Waals surface area contributed by atoms with Crippen LogP contribution in [0.4, 0.5) is 4.39 Å². The third-order valence-corrected chi connectivity index (χ3v) is 4.97. The average molecular weight is 379 g/mol. The van der Waals surface area contributed by atoms with Crippen LogP contribution in [0.2, 0.25) is 0 Å². The molecule has 4 rings (SSSR count). The van der Waals surface area contributed by atoms with Gasteiger partial charge in [-0.05, 0) is 47.9 Å². The van der Waals surface area contributed by atoms with Crippen LogP contribution >= 0.6 is 0 Å². The van der Waals surface area contributed by atoms with E-state index in [1.54, 1.807) is 23.0 Å². The Morgan fingerprint density at radius 3 is 2.68 bits per heavy atom. The molecule has 1 fully saturated rings. The predicted octanol–water partition coefficient (Wildman–Crippen LogP) is 2.14. The van der Waals surface area contributed by atoms with Crippen molar-refractivity contribution in [3.05, 3.63) is 83.9 Å². The van der Waals surface area contributed by atoms with E-state index in [1.807, 2.05) is 36.5 Å². The molecule has 1 aliphatic rings. The standard InChI is InChI=1S/C21H22FN5O/c22-17-6-4-16(5-7-17)20-19(14-24-26-20)21(28)23-12-10-15-2-8-18(9-3-15)27-13-1-11-25-27/h1-9,11,13,19-20,24,26H,10,12,14H2,(H,23,28). The van der Waals surface area contributed by atoms with Crippen molar-refractivity contribution in [2.75, 3.05) is 13.1 Å². The Kier molecular flexibility index (Phi) is 5.45. The highest BCUT2D eigenvalue weighted by Crippen LogP contribution is 2.25. The van der Waals surface area contributed by atoms with Gasteiger partial charge in [-0.15, -0.1) is 0 Å². The van der Waals surface area contributed by atoms with E-state index in [9.17, 15) is 9.18 Å². The second-order valence-electron chi connectivity index (χ2n) is 6.82. The minimum Gasteiger partial charge on any atom is -0.355 e. The number of amides is 1. The van der Waals surface area contributed by atoms with Gasteiger partial charge in [0, 0.05) is 25.5 Å². The third kappa shape index (κ3) is 4.11. The number of aromatic nitrogens is 2. The first kappa shape index (κ1) is 18.3. The van der Waals surface area contributed by atoms with E-state index in [0.29, 0.717) is 13.1 Å². The van der Waals surface area contributed by atoms with Gasteiger partial charge in [0.15, 0.2) is 0 Å². The van der Waals surface area contributed by atoms with Crippen molar-refractivity contribution in [1.29, 1.82) is 0 Å². The number of halogens is 1. The highest BCUT2D eigenvalue weighted by Gasteiger charge is 2.33. The molecule has 0 spiro atoms. The highest BCUT2D eigenvalue weighted by molar-refractivity contribution is 5.80. The summed E-state index contributed by atoms with van der Waals surface area (Å²) in [6.07, 6.45) is 4.39. The summed E-state index contributed by atoms with van der Waals surface area (Å²) in [6.45, 7) is 1.10. The third-order valence-electron chi connectivity index (χ3n) is 4.97. The number of carbonyl (C=O) groups is 1. The summed E-state index contributed by atoms with van der Waals surface area (Å²) in [7, 11) is 0. The fourth-order valence-electron chi connectivity index (χ4n) is 3.43. The molecule has 1 amide bonds. The summed E-state index contributed by atoms with van der Waals surface area (Å²) >= 11 is 0. The molecule has 0 bridgehead atoms. The largest absolute Gasteiger partial charge is 0.355 e. The van der Waals surface area contributed by atoms with Gasteiger partial charge in [-0.3, -0.25) is 10.2 Å². The van der Waals surface area contributed by atoms with Crippen LogP contribution in [0.1, 0.15) is 17.2 Å². The first-order valence-electron chi connectivity index (χ1n) is 9.31. The minimum absolute atomic E-state index is 0.0139. The normalized spacial score (nSPS) is 18.9. The van der Waals surface area contributed by atoms with Crippen molar-refractivity contribution in [3.63, 3.8) is 0 Å². The predicted molar refractivity (Wildman–Crippen MR) is 104 cm³/mol. The smallest absolute Gasteiger partial charge is 0.226 e. The Hall–Kier alpha value is -3.03. The molecule has 3 N–H and O–H groups in total. The van der Waals surface area contributed by atoms with Crippen LogP contribution < -0.4 is 16.2 Å². The van der Waals surface area contributed by atoms with Gasteiger partial charge in [0.05, 0.1) is 17.6 Å². The molecule has 2 heterocycles. The molecular formula is C21H22FN5O. The van der Waals surface area contributed by atoms with E-state index < -0.39 is 0 Å². The molecule has 6 nitrogen and oxygen atoms in total. The second-order valence-corrected chi connectivity index (χ2v) is 6.82. The monoisotopic (exact) mass is 379 g/mol. The molecule has 0 aliphatic carbocycles. The molecule has 2 unspecified atom stereocenters. The zero-order chi connectivity index (χ0) is 19.3. The molecule has 3 aromatic rings. The maximum Gasteiger partial charge on any atom is 0.226 e. The van der Waals surface area contributed by atoms with Crippen LogP contribution in [-0.4, -0.2) is 28.8 Å². The number of carbonyl (C=O) groups excluding carboxylic acids is 1. The number of benzene rings is 2. The quantitative estimate of drug-likeness (QED) is 0.614. The van der Waals surface area contributed by atoms with Crippen LogP contribution in [0.5, 0.6) is 0 Å². The lowest BCUT2D eigenvalue weighted by Crippen LogP contribution is -2.36. The van der Waals surface area contributed by atoms with E-state index >= 15 is 0 Å². The summed E-state index contributed by atoms with van der Waals surface area (Å²) in [6, 6.07) is 16.1. The molecule has 1 aromatic heterocycles. The van der Waals surface area contributed by atoms with Crippen LogP contribution in [0, 0.1) is 11.7 Å². The van der Waals surface area contributed by atoms with Gasteiger partial charge >= 0.3 is 0 Å². The van der Waals surface area contributed by atoms with Crippen molar-refractivity contribution in [2.45, 2.75) is 12.5 Å². The van der Waals surface area contributed by atoms with Crippen LogP contribution in [0.15, 0.2) is 67.0 Å². The van der Waals surface area contributed by atoms with Crippen LogP contribution in [0.3, 0.4) is 0 Å².